The van der Waals surface area contributed by atoms with Crippen LogP contribution in [-0.4, -0.2) is 29.4 Å². The molecule has 1 fully saturated rings. The van der Waals surface area contributed by atoms with Crippen molar-refractivity contribution in [1.29, 1.82) is 0 Å². The molecule has 1 saturated carbocycles. The van der Waals surface area contributed by atoms with Crippen LogP contribution in [-0.2, 0) is 10.0 Å². The monoisotopic (exact) mass is 361 g/mol. The molecule has 0 bridgehead atoms. The van der Waals surface area contributed by atoms with Crippen molar-refractivity contribution in [3.63, 3.8) is 0 Å². The summed E-state index contributed by atoms with van der Waals surface area (Å²) in [5.74, 6) is 0.417. The number of nitrogens with one attached hydrogen (secondary N) is 2. The molecule has 0 saturated heterocycles. The van der Waals surface area contributed by atoms with Crippen LogP contribution in [0.2, 0.25) is 0 Å². The predicted octanol–water partition coefficient (Wildman–Crippen LogP) is 3.82. The van der Waals surface area contributed by atoms with Gasteiger partial charge in [0.2, 0.25) is 10.0 Å². The summed E-state index contributed by atoms with van der Waals surface area (Å²) < 4.78 is 26.7. The van der Waals surface area contributed by atoms with Gasteiger partial charge in [0.1, 0.15) is 0 Å². The van der Waals surface area contributed by atoms with E-state index in [0.717, 1.165) is 42.6 Å². The first-order valence-corrected chi connectivity index (χ1v) is 10.4. The molecule has 5 nitrogen and oxygen atoms in total. The molecule has 0 radical (unpaired) electrons. The highest BCUT2D eigenvalue weighted by atomic mass is 32.2. The number of H-pyrrole nitrogens is 1. The van der Waals surface area contributed by atoms with Crippen molar-refractivity contribution >= 4 is 10.0 Å². The molecule has 136 valence electrons. The van der Waals surface area contributed by atoms with Crippen molar-refractivity contribution in [3.8, 4) is 11.3 Å². The Bertz CT molecular complexity index is 799. The summed E-state index contributed by atoms with van der Waals surface area (Å²) >= 11 is 0. The molecule has 25 heavy (non-hydrogen) atoms. The molecular weight excluding hydrogens is 334 g/mol. The highest BCUT2D eigenvalue weighted by Gasteiger charge is 2.33. The Morgan fingerprint density at radius 1 is 1.08 bits per heavy atom. The fourth-order valence-corrected chi connectivity index (χ4v) is 4.25. The number of aromatic nitrogens is 2. The van der Waals surface area contributed by atoms with Gasteiger partial charge in [-0.25, -0.2) is 13.1 Å². The number of hydrogen-bond donors (Lipinski definition) is 2. The van der Waals surface area contributed by atoms with Crippen molar-refractivity contribution in [2.24, 2.45) is 0 Å². The fraction of sp³-hybridized carbons (Fsp3) is 0.526. The third-order valence-corrected chi connectivity index (χ3v) is 7.22. The van der Waals surface area contributed by atoms with Crippen molar-refractivity contribution < 1.29 is 8.42 Å². The second kappa shape index (κ2) is 6.92. The van der Waals surface area contributed by atoms with Gasteiger partial charge in [0.15, 0.2) is 0 Å². The van der Waals surface area contributed by atoms with Gasteiger partial charge in [-0.2, -0.15) is 5.10 Å². The fourth-order valence-electron chi connectivity index (χ4n) is 3.22. The van der Waals surface area contributed by atoms with Gasteiger partial charge < -0.3 is 0 Å². The number of sulfonamides is 1. The summed E-state index contributed by atoms with van der Waals surface area (Å²) in [5.41, 5.74) is 3.22. The largest absolute Gasteiger partial charge is 0.282 e. The van der Waals surface area contributed by atoms with Gasteiger partial charge in [-0.15, -0.1) is 0 Å². The molecule has 6 heteroatoms. The number of hydrogen-bond acceptors (Lipinski definition) is 3. The highest BCUT2D eigenvalue weighted by molar-refractivity contribution is 7.90. The minimum atomic E-state index is -3.28. The maximum absolute atomic E-state index is 12.3. The zero-order chi connectivity index (χ0) is 18.1. The zero-order valence-corrected chi connectivity index (χ0v) is 15.9. The van der Waals surface area contributed by atoms with Crippen LogP contribution < -0.4 is 4.72 Å². The van der Waals surface area contributed by atoms with Crippen molar-refractivity contribution in [2.45, 2.75) is 63.2 Å². The van der Waals surface area contributed by atoms with Gasteiger partial charge in [0.05, 0.1) is 10.4 Å². The van der Waals surface area contributed by atoms with Crippen LogP contribution in [0.4, 0.5) is 0 Å². The molecule has 1 aromatic carbocycles. The highest BCUT2D eigenvalue weighted by Crippen LogP contribution is 2.34. The van der Waals surface area contributed by atoms with Crippen LogP contribution in [0.5, 0.6) is 0 Å². The summed E-state index contributed by atoms with van der Waals surface area (Å²) in [6.45, 7) is 5.20. The van der Waals surface area contributed by atoms with E-state index in [1.54, 1.807) is 20.8 Å². The molecule has 2 aromatic rings. The van der Waals surface area contributed by atoms with Crippen LogP contribution in [0.25, 0.3) is 11.3 Å². The number of aromatic amines is 1. The topological polar surface area (TPSA) is 74.8 Å². The lowest BCUT2D eigenvalue weighted by Gasteiger charge is -2.30. The van der Waals surface area contributed by atoms with Crippen molar-refractivity contribution in [3.05, 3.63) is 42.1 Å². The molecular formula is C19H27N3O2S. The summed E-state index contributed by atoms with van der Waals surface area (Å²) in [7, 11) is -3.28. The predicted molar refractivity (Wildman–Crippen MR) is 101 cm³/mol. The lowest BCUT2D eigenvalue weighted by Crippen LogP contribution is -2.45. The minimum absolute atomic E-state index is 0.0389. The summed E-state index contributed by atoms with van der Waals surface area (Å²) in [4.78, 5) is 0. The Hall–Kier alpha value is -1.66. The van der Waals surface area contributed by atoms with E-state index in [-0.39, 0.29) is 6.04 Å². The molecule has 1 aromatic heterocycles. The van der Waals surface area contributed by atoms with Crippen molar-refractivity contribution in [1.82, 2.24) is 14.9 Å². The van der Waals surface area contributed by atoms with E-state index in [0.29, 0.717) is 5.92 Å². The van der Waals surface area contributed by atoms with E-state index in [9.17, 15) is 8.42 Å². The van der Waals surface area contributed by atoms with Crippen LogP contribution in [0.3, 0.4) is 0 Å². The summed E-state index contributed by atoms with van der Waals surface area (Å²) in [6.07, 6.45) is 3.65. The molecule has 3 rings (SSSR count). The lowest BCUT2D eigenvalue weighted by atomic mass is 9.84. The van der Waals surface area contributed by atoms with Gasteiger partial charge in [-0.1, -0.05) is 30.3 Å². The summed E-state index contributed by atoms with van der Waals surface area (Å²) in [5, 5.41) is 7.61. The molecule has 0 amide bonds. The van der Waals surface area contributed by atoms with Crippen LogP contribution in [0.1, 0.15) is 58.1 Å². The average molecular weight is 362 g/mol. The lowest BCUT2D eigenvalue weighted by molar-refractivity contribution is 0.367. The number of rotatable bonds is 4. The molecule has 1 heterocycles. The van der Waals surface area contributed by atoms with E-state index < -0.39 is 14.8 Å². The number of nitrogens with zero attached hydrogens (tertiary/aromatic N) is 1. The molecule has 2 N–H and O–H groups in total. The van der Waals surface area contributed by atoms with Crippen LogP contribution in [0.15, 0.2) is 36.4 Å². The first-order valence-electron chi connectivity index (χ1n) is 8.89. The molecule has 1 aliphatic carbocycles. The van der Waals surface area contributed by atoms with Gasteiger partial charge in [0, 0.05) is 23.2 Å². The van der Waals surface area contributed by atoms with E-state index in [1.165, 1.54) is 0 Å². The van der Waals surface area contributed by atoms with Crippen LogP contribution in [0, 0.1) is 0 Å². The Kier molecular flexibility index (Phi) is 5.02. The van der Waals surface area contributed by atoms with Gasteiger partial charge >= 0.3 is 0 Å². The van der Waals surface area contributed by atoms with E-state index in [2.05, 4.69) is 33.1 Å². The van der Waals surface area contributed by atoms with E-state index >= 15 is 0 Å². The smallest absolute Gasteiger partial charge is 0.216 e. The molecule has 0 aliphatic heterocycles. The molecule has 0 unspecified atom stereocenters. The molecule has 0 spiro atoms. The first-order chi connectivity index (χ1) is 11.8. The standard InChI is InChI=1S/C19H27N3O2S/c1-19(2,3)25(23,24)22-16-11-9-15(10-12-16)18-13-17(20-21-18)14-7-5-4-6-8-14/h4-8,13,15-16,22H,9-12H2,1-3H3,(H,20,21)/t15-,16-. The third-order valence-electron chi connectivity index (χ3n) is 4.96. The van der Waals surface area contributed by atoms with Gasteiger partial charge in [0.25, 0.3) is 0 Å². The minimum Gasteiger partial charge on any atom is -0.282 e. The second-order valence-electron chi connectivity index (χ2n) is 7.86. The quantitative estimate of drug-likeness (QED) is 0.869. The molecule has 1 aliphatic rings. The normalized spacial score (nSPS) is 22.0. The molecule has 0 atom stereocenters. The van der Waals surface area contributed by atoms with E-state index in [4.69, 9.17) is 0 Å². The Balaban J connectivity index is 1.61. The summed E-state index contributed by atoms with van der Waals surface area (Å²) in [6, 6.07) is 12.3. The maximum Gasteiger partial charge on any atom is 0.216 e. The number of benzene rings is 1. The van der Waals surface area contributed by atoms with E-state index in [1.807, 2.05) is 18.2 Å². The van der Waals surface area contributed by atoms with Crippen LogP contribution >= 0.6 is 0 Å². The Morgan fingerprint density at radius 3 is 2.32 bits per heavy atom. The first kappa shape index (κ1) is 18.1. The van der Waals surface area contributed by atoms with Gasteiger partial charge in [-0.3, -0.25) is 5.10 Å². The van der Waals surface area contributed by atoms with Gasteiger partial charge in [-0.05, 0) is 52.5 Å². The Labute approximate surface area is 150 Å². The Morgan fingerprint density at radius 2 is 1.72 bits per heavy atom. The SMILES string of the molecule is CC(C)(C)S(=O)(=O)N[C@H]1CC[C@H](c2cc(-c3ccccc3)n[nH]2)CC1. The second-order valence-corrected chi connectivity index (χ2v) is 10.3. The average Bonchev–Trinajstić information content (AvgIpc) is 3.05. The third kappa shape index (κ3) is 4.12. The van der Waals surface area contributed by atoms with Crippen molar-refractivity contribution in [2.75, 3.05) is 0 Å². The maximum atomic E-state index is 12.3. The zero-order valence-electron chi connectivity index (χ0n) is 15.1.